The predicted molar refractivity (Wildman–Crippen MR) is 127 cm³/mol. The van der Waals surface area contributed by atoms with E-state index < -0.39 is 0 Å². The highest BCUT2D eigenvalue weighted by atomic mass is 79.9. The average Bonchev–Trinajstić information content (AvgIpc) is 2.78. The van der Waals surface area contributed by atoms with Gasteiger partial charge in [-0.3, -0.25) is 4.79 Å². The van der Waals surface area contributed by atoms with Crippen LogP contribution in [0.3, 0.4) is 0 Å². The van der Waals surface area contributed by atoms with Gasteiger partial charge in [0.1, 0.15) is 11.5 Å². The molecule has 0 bridgehead atoms. The van der Waals surface area contributed by atoms with Gasteiger partial charge in [-0.1, -0.05) is 39.7 Å². The first-order valence-electron chi connectivity index (χ1n) is 9.24. The van der Waals surface area contributed by atoms with E-state index in [1.54, 1.807) is 62.9 Å². The Bertz CT molecular complexity index is 1350. The molecule has 0 fully saturated rings. The van der Waals surface area contributed by atoms with E-state index in [2.05, 4.69) is 21.0 Å². The van der Waals surface area contributed by atoms with Crippen molar-refractivity contribution in [3.8, 4) is 22.9 Å². The van der Waals surface area contributed by atoms with Crippen molar-refractivity contribution in [2.45, 2.75) is 0 Å². The zero-order valence-electron chi connectivity index (χ0n) is 16.7. The van der Waals surface area contributed by atoms with Gasteiger partial charge in [0.25, 0.3) is 5.56 Å². The van der Waals surface area contributed by atoms with Crippen molar-refractivity contribution in [2.75, 3.05) is 14.2 Å². The summed E-state index contributed by atoms with van der Waals surface area (Å²) in [6.45, 7) is 0. The lowest BCUT2D eigenvalue weighted by Crippen LogP contribution is -2.20. The topological polar surface area (TPSA) is 65.7 Å². The Kier molecular flexibility index (Phi) is 6.06. The molecule has 31 heavy (non-hydrogen) atoms. The fourth-order valence-corrected chi connectivity index (χ4v) is 3.65. The summed E-state index contributed by atoms with van der Waals surface area (Å²) in [4.78, 5) is 18.1. The van der Waals surface area contributed by atoms with Crippen LogP contribution >= 0.6 is 27.5 Å². The second kappa shape index (κ2) is 8.91. The molecule has 0 saturated heterocycles. The summed E-state index contributed by atoms with van der Waals surface area (Å²) < 4.78 is 12.8. The predicted octanol–water partition coefficient (Wildman–Crippen LogP) is 5.38. The van der Waals surface area contributed by atoms with Crippen molar-refractivity contribution >= 4 is 44.6 Å². The van der Waals surface area contributed by atoms with Crippen LogP contribution < -0.4 is 15.0 Å². The molecule has 4 aromatic rings. The molecule has 0 amide bonds. The summed E-state index contributed by atoms with van der Waals surface area (Å²) >= 11 is 9.49. The summed E-state index contributed by atoms with van der Waals surface area (Å²) in [6, 6.07) is 17.8. The third-order valence-corrected chi connectivity index (χ3v) is 5.32. The lowest BCUT2D eigenvalue weighted by Gasteiger charge is -2.12. The number of hydrogen-bond acceptors (Lipinski definition) is 5. The quantitative estimate of drug-likeness (QED) is 0.347. The first kappa shape index (κ1) is 21.1. The van der Waals surface area contributed by atoms with Gasteiger partial charge >= 0.3 is 0 Å². The van der Waals surface area contributed by atoms with Crippen LogP contribution in [-0.4, -0.2) is 30.1 Å². The number of aromatic nitrogens is 2. The van der Waals surface area contributed by atoms with E-state index in [0.717, 1.165) is 10.0 Å². The van der Waals surface area contributed by atoms with E-state index in [1.165, 1.54) is 4.68 Å². The van der Waals surface area contributed by atoms with Gasteiger partial charge in [-0.25, -0.2) is 4.98 Å². The number of benzene rings is 3. The van der Waals surface area contributed by atoms with Gasteiger partial charge in [-0.2, -0.15) is 9.78 Å². The van der Waals surface area contributed by atoms with E-state index >= 15 is 0 Å². The number of ether oxygens (including phenoxy) is 2. The van der Waals surface area contributed by atoms with Crippen molar-refractivity contribution < 1.29 is 9.47 Å². The Hall–Kier alpha value is -3.16. The van der Waals surface area contributed by atoms with Crippen LogP contribution in [0, 0.1) is 0 Å². The van der Waals surface area contributed by atoms with Gasteiger partial charge in [0.2, 0.25) is 0 Å². The Labute approximate surface area is 191 Å². The minimum absolute atomic E-state index is 0.304. The molecule has 1 aromatic heterocycles. The minimum atomic E-state index is -0.304. The molecule has 0 saturated carbocycles. The Balaban J connectivity index is 1.98. The smallest absolute Gasteiger partial charge is 0.282 e. The zero-order valence-corrected chi connectivity index (χ0v) is 19.0. The summed E-state index contributed by atoms with van der Waals surface area (Å²) in [6.07, 6.45) is 1.57. The molecule has 1 heterocycles. The van der Waals surface area contributed by atoms with Crippen LogP contribution in [0.5, 0.6) is 11.5 Å². The largest absolute Gasteiger partial charge is 0.497 e. The standard InChI is InChI=1S/C23H17BrClN3O3/c1-30-18-9-15(10-19(12-18)31-2)22-27-21-7-6-16(24)11-20(21)23(29)28(22)26-13-14-4-3-5-17(25)8-14/h3-13H,1-2H3. The van der Waals surface area contributed by atoms with E-state index in [4.69, 9.17) is 26.1 Å². The SMILES string of the molecule is COc1cc(OC)cc(-c2nc3ccc(Br)cc3c(=O)n2N=Cc2cccc(Cl)c2)c1. The van der Waals surface area contributed by atoms with Gasteiger partial charge in [0.05, 0.1) is 31.3 Å². The Morgan fingerprint density at radius 1 is 1.03 bits per heavy atom. The Morgan fingerprint density at radius 3 is 2.45 bits per heavy atom. The van der Waals surface area contributed by atoms with Gasteiger partial charge in [-0.05, 0) is 48.0 Å². The Morgan fingerprint density at radius 2 is 1.77 bits per heavy atom. The average molecular weight is 499 g/mol. The molecule has 0 aliphatic rings. The molecule has 4 rings (SSSR count). The molecule has 0 aliphatic carbocycles. The van der Waals surface area contributed by atoms with E-state index in [1.807, 2.05) is 18.2 Å². The number of methoxy groups -OCH3 is 2. The van der Waals surface area contributed by atoms with E-state index in [9.17, 15) is 4.79 Å². The molecule has 3 aromatic carbocycles. The fourth-order valence-electron chi connectivity index (χ4n) is 3.09. The summed E-state index contributed by atoms with van der Waals surface area (Å²) in [7, 11) is 3.13. The third-order valence-electron chi connectivity index (χ3n) is 4.59. The van der Waals surface area contributed by atoms with Crippen molar-refractivity contribution in [2.24, 2.45) is 5.10 Å². The van der Waals surface area contributed by atoms with Crippen molar-refractivity contribution in [3.05, 3.63) is 86.1 Å². The maximum Gasteiger partial charge on any atom is 0.282 e. The monoisotopic (exact) mass is 497 g/mol. The lowest BCUT2D eigenvalue weighted by molar-refractivity contribution is 0.394. The van der Waals surface area contributed by atoms with E-state index in [-0.39, 0.29) is 5.56 Å². The number of nitrogens with zero attached hydrogens (tertiary/aromatic N) is 3. The van der Waals surface area contributed by atoms with Gasteiger partial charge < -0.3 is 9.47 Å². The fraction of sp³-hybridized carbons (Fsp3) is 0.0870. The van der Waals surface area contributed by atoms with Gasteiger partial charge in [-0.15, -0.1) is 0 Å². The van der Waals surface area contributed by atoms with Crippen molar-refractivity contribution in [3.63, 3.8) is 0 Å². The maximum absolute atomic E-state index is 13.4. The lowest BCUT2D eigenvalue weighted by atomic mass is 10.1. The first-order chi connectivity index (χ1) is 15.0. The number of rotatable bonds is 5. The van der Waals surface area contributed by atoms with Crippen molar-refractivity contribution in [1.29, 1.82) is 0 Å². The summed E-state index contributed by atoms with van der Waals surface area (Å²) in [5, 5.41) is 5.46. The van der Waals surface area contributed by atoms with Crippen LogP contribution in [0.4, 0.5) is 0 Å². The summed E-state index contributed by atoms with van der Waals surface area (Å²) in [5.41, 5.74) is 1.63. The molecule has 156 valence electrons. The third kappa shape index (κ3) is 4.47. The highest BCUT2D eigenvalue weighted by Crippen LogP contribution is 2.29. The maximum atomic E-state index is 13.4. The molecule has 0 radical (unpaired) electrons. The van der Waals surface area contributed by atoms with Crippen LogP contribution in [0.15, 0.2) is 75.0 Å². The van der Waals surface area contributed by atoms with Crippen LogP contribution in [-0.2, 0) is 0 Å². The second-order valence-electron chi connectivity index (χ2n) is 6.61. The van der Waals surface area contributed by atoms with Crippen LogP contribution in [0.2, 0.25) is 5.02 Å². The van der Waals surface area contributed by atoms with Gasteiger partial charge in [0, 0.05) is 21.1 Å². The molecule has 0 unspecified atom stereocenters. The minimum Gasteiger partial charge on any atom is -0.497 e. The molecule has 0 aliphatic heterocycles. The number of halogens is 2. The van der Waals surface area contributed by atoms with Crippen LogP contribution in [0.1, 0.15) is 5.56 Å². The van der Waals surface area contributed by atoms with Crippen LogP contribution in [0.25, 0.3) is 22.3 Å². The molecule has 8 heteroatoms. The second-order valence-corrected chi connectivity index (χ2v) is 7.97. The molecule has 0 N–H and O–H groups in total. The molecule has 0 spiro atoms. The summed E-state index contributed by atoms with van der Waals surface area (Å²) in [5.74, 6) is 1.50. The van der Waals surface area contributed by atoms with E-state index in [0.29, 0.717) is 38.8 Å². The molecular formula is C23H17BrClN3O3. The molecular weight excluding hydrogens is 482 g/mol. The number of fused-ring (bicyclic) bond motifs is 1. The normalized spacial score (nSPS) is 11.2. The number of hydrogen-bond donors (Lipinski definition) is 0. The van der Waals surface area contributed by atoms with Crippen molar-refractivity contribution in [1.82, 2.24) is 9.66 Å². The first-order valence-corrected chi connectivity index (χ1v) is 10.4. The highest BCUT2D eigenvalue weighted by molar-refractivity contribution is 9.10. The zero-order chi connectivity index (χ0) is 22.0. The van der Waals surface area contributed by atoms with Gasteiger partial charge in [0.15, 0.2) is 5.82 Å². The molecule has 0 atom stereocenters. The highest BCUT2D eigenvalue weighted by Gasteiger charge is 2.15. The molecule has 6 nitrogen and oxygen atoms in total.